The molecule has 0 aliphatic carbocycles. The molecule has 0 fully saturated rings. The van der Waals surface area contributed by atoms with Crippen molar-refractivity contribution in [2.75, 3.05) is 0 Å². The van der Waals surface area contributed by atoms with Gasteiger partial charge in [-0.1, -0.05) is 188 Å². The molecule has 0 heterocycles. The molecule has 11 rings (SSSR count). The monoisotopic (exact) mass is 682 g/mol. The Kier molecular flexibility index (Phi) is 6.97. The van der Waals surface area contributed by atoms with Crippen molar-refractivity contribution in [2.24, 2.45) is 0 Å². The second kappa shape index (κ2) is 12.3. The zero-order valence-electron chi connectivity index (χ0n) is 29.6. The van der Waals surface area contributed by atoms with Crippen LogP contribution in [0.25, 0.3) is 109 Å². The van der Waals surface area contributed by atoms with E-state index in [1.807, 2.05) is 0 Å². The van der Waals surface area contributed by atoms with Crippen LogP contribution in [-0.2, 0) is 0 Å². The van der Waals surface area contributed by atoms with Crippen LogP contribution in [0.2, 0.25) is 0 Å². The lowest BCUT2D eigenvalue weighted by molar-refractivity contribution is 1.62. The molecule has 0 spiro atoms. The molecule has 0 unspecified atom stereocenters. The average molecular weight is 683 g/mol. The van der Waals surface area contributed by atoms with Crippen LogP contribution in [0.4, 0.5) is 0 Å². The highest BCUT2D eigenvalue weighted by molar-refractivity contribution is 6.24. The molecule has 11 aromatic carbocycles. The largest absolute Gasteiger partial charge is 0.0616 e. The molecule has 0 bridgehead atoms. The molecule has 0 aliphatic rings. The third kappa shape index (κ3) is 4.85. The summed E-state index contributed by atoms with van der Waals surface area (Å²) in [6.07, 6.45) is 0. The Balaban J connectivity index is 1.04. The fourth-order valence-corrected chi connectivity index (χ4v) is 8.89. The standard InChI is InChI=1S/C54H34/c1-3-15-43-37(12-1)14-11-23-47(43)54-50-21-9-7-19-48(50)53(49-20-8-10-22-51(49)54)41-31-27-36-26-30-39(32-42(36)33-41)35-24-28-38(29-25-35)52-34-40-13-2-4-16-44(40)45-17-5-6-18-46(45)52/h1-34H. The second-order valence-corrected chi connectivity index (χ2v) is 14.4. The zero-order chi connectivity index (χ0) is 35.6. The highest BCUT2D eigenvalue weighted by atomic mass is 14.2. The summed E-state index contributed by atoms with van der Waals surface area (Å²) in [5.74, 6) is 0. The fraction of sp³-hybridized carbons (Fsp3) is 0. The first kappa shape index (κ1) is 30.6. The summed E-state index contributed by atoms with van der Waals surface area (Å²) < 4.78 is 0. The Morgan fingerprint density at radius 2 is 0.667 bits per heavy atom. The minimum Gasteiger partial charge on any atom is -0.0616 e. The third-order valence-corrected chi connectivity index (χ3v) is 11.4. The Hall–Kier alpha value is -7.02. The highest BCUT2D eigenvalue weighted by Gasteiger charge is 2.18. The summed E-state index contributed by atoms with van der Waals surface area (Å²) in [7, 11) is 0. The Morgan fingerprint density at radius 3 is 1.37 bits per heavy atom. The maximum absolute atomic E-state index is 2.39. The topological polar surface area (TPSA) is 0 Å². The first-order chi connectivity index (χ1) is 26.8. The van der Waals surface area contributed by atoms with E-state index >= 15 is 0 Å². The normalized spacial score (nSPS) is 11.7. The minimum atomic E-state index is 1.21. The van der Waals surface area contributed by atoms with E-state index in [0.29, 0.717) is 0 Å². The molecule has 0 N–H and O–H groups in total. The highest BCUT2D eigenvalue weighted by Crippen LogP contribution is 2.46. The lowest BCUT2D eigenvalue weighted by Gasteiger charge is -2.19. The maximum Gasteiger partial charge on any atom is -0.00201 e. The van der Waals surface area contributed by atoms with Gasteiger partial charge in [0.25, 0.3) is 0 Å². The van der Waals surface area contributed by atoms with Crippen LogP contribution in [0.15, 0.2) is 206 Å². The quantitative estimate of drug-likeness (QED) is 0.128. The number of rotatable bonds is 4. The van der Waals surface area contributed by atoms with Crippen molar-refractivity contribution >= 4 is 64.6 Å². The maximum atomic E-state index is 2.39. The molecule has 0 saturated carbocycles. The summed E-state index contributed by atoms with van der Waals surface area (Å²) >= 11 is 0. The number of benzene rings is 11. The van der Waals surface area contributed by atoms with Crippen LogP contribution in [0, 0.1) is 0 Å². The molecule has 0 saturated heterocycles. The first-order valence-corrected chi connectivity index (χ1v) is 18.8. The van der Waals surface area contributed by atoms with Crippen molar-refractivity contribution in [3.63, 3.8) is 0 Å². The van der Waals surface area contributed by atoms with Crippen LogP contribution in [-0.4, -0.2) is 0 Å². The Labute approximate surface area is 314 Å². The molecule has 0 heteroatoms. The smallest absolute Gasteiger partial charge is 0.00201 e. The lowest BCUT2D eigenvalue weighted by Crippen LogP contribution is -1.91. The van der Waals surface area contributed by atoms with Gasteiger partial charge in [0.1, 0.15) is 0 Å². The molecular formula is C54H34. The molecule has 0 amide bonds. The SMILES string of the molecule is c1ccc2c(-c3c4ccccc4c(-c4ccc5ccc(-c6ccc(-c7cc8ccccc8c8ccccc78)cc6)cc5c4)c4ccccc34)cccc2c1. The van der Waals surface area contributed by atoms with E-state index in [9.17, 15) is 0 Å². The van der Waals surface area contributed by atoms with Gasteiger partial charge >= 0.3 is 0 Å². The van der Waals surface area contributed by atoms with Crippen LogP contribution in [0.3, 0.4) is 0 Å². The van der Waals surface area contributed by atoms with Gasteiger partial charge in [-0.25, -0.2) is 0 Å². The predicted molar refractivity (Wildman–Crippen MR) is 233 cm³/mol. The van der Waals surface area contributed by atoms with Crippen LogP contribution in [0.5, 0.6) is 0 Å². The van der Waals surface area contributed by atoms with E-state index in [2.05, 4.69) is 206 Å². The van der Waals surface area contributed by atoms with Crippen molar-refractivity contribution in [2.45, 2.75) is 0 Å². The Morgan fingerprint density at radius 1 is 0.185 bits per heavy atom. The summed E-state index contributed by atoms with van der Waals surface area (Å²) in [6.45, 7) is 0. The van der Waals surface area contributed by atoms with E-state index in [-0.39, 0.29) is 0 Å². The van der Waals surface area contributed by atoms with Gasteiger partial charge in [0, 0.05) is 0 Å². The van der Waals surface area contributed by atoms with Crippen LogP contribution >= 0.6 is 0 Å². The van der Waals surface area contributed by atoms with E-state index in [0.717, 1.165) is 0 Å². The molecule has 0 atom stereocenters. The summed E-state index contributed by atoms with van der Waals surface area (Å²) in [5.41, 5.74) is 10.0. The molecule has 11 aromatic rings. The van der Waals surface area contributed by atoms with Crippen molar-refractivity contribution < 1.29 is 0 Å². The summed E-state index contributed by atoms with van der Waals surface area (Å²) in [4.78, 5) is 0. The number of fused-ring (bicyclic) bond motifs is 7. The number of hydrogen-bond acceptors (Lipinski definition) is 0. The van der Waals surface area contributed by atoms with E-state index < -0.39 is 0 Å². The Bertz CT molecular complexity index is 3190. The van der Waals surface area contributed by atoms with E-state index in [1.54, 1.807) is 0 Å². The zero-order valence-corrected chi connectivity index (χ0v) is 29.6. The van der Waals surface area contributed by atoms with Gasteiger partial charge in [-0.05, 0) is 127 Å². The third-order valence-electron chi connectivity index (χ3n) is 11.4. The van der Waals surface area contributed by atoms with E-state index in [4.69, 9.17) is 0 Å². The molecule has 0 aliphatic heterocycles. The van der Waals surface area contributed by atoms with Gasteiger partial charge < -0.3 is 0 Å². The molecule has 0 aromatic heterocycles. The van der Waals surface area contributed by atoms with Crippen LogP contribution < -0.4 is 0 Å². The van der Waals surface area contributed by atoms with Gasteiger partial charge in [-0.2, -0.15) is 0 Å². The molecule has 54 heavy (non-hydrogen) atoms. The average Bonchev–Trinajstić information content (AvgIpc) is 3.25. The van der Waals surface area contributed by atoms with Crippen molar-refractivity contribution in [1.29, 1.82) is 0 Å². The van der Waals surface area contributed by atoms with Crippen molar-refractivity contribution in [1.82, 2.24) is 0 Å². The first-order valence-electron chi connectivity index (χ1n) is 18.8. The summed E-state index contributed by atoms with van der Waals surface area (Å²) in [6, 6.07) is 76.1. The van der Waals surface area contributed by atoms with Gasteiger partial charge in [-0.15, -0.1) is 0 Å². The second-order valence-electron chi connectivity index (χ2n) is 14.4. The molecule has 0 nitrogen and oxygen atoms in total. The molecule has 250 valence electrons. The van der Waals surface area contributed by atoms with Crippen LogP contribution in [0.1, 0.15) is 0 Å². The van der Waals surface area contributed by atoms with Crippen molar-refractivity contribution in [3.8, 4) is 44.5 Å². The van der Waals surface area contributed by atoms with Gasteiger partial charge in [0.2, 0.25) is 0 Å². The molecular weight excluding hydrogens is 649 g/mol. The number of hydrogen-bond donors (Lipinski definition) is 0. The fourth-order valence-electron chi connectivity index (χ4n) is 8.89. The van der Waals surface area contributed by atoms with Gasteiger partial charge in [0.05, 0.1) is 0 Å². The molecule has 0 radical (unpaired) electrons. The van der Waals surface area contributed by atoms with Gasteiger partial charge in [-0.3, -0.25) is 0 Å². The van der Waals surface area contributed by atoms with E-state index in [1.165, 1.54) is 109 Å². The summed E-state index contributed by atoms with van der Waals surface area (Å²) in [5, 5.41) is 15.2. The van der Waals surface area contributed by atoms with Gasteiger partial charge in [0.15, 0.2) is 0 Å². The minimum absolute atomic E-state index is 1.21. The lowest BCUT2D eigenvalue weighted by atomic mass is 9.84. The predicted octanol–water partition coefficient (Wildman–Crippen LogP) is 15.3. The van der Waals surface area contributed by atoms with Crippen molar-refractivity contribution in [3.05, 3.63) is 206 Å².